The molecule has 0 saturated carbocycles. The van der Waals surface area contributed by atoms with Gasteiger partial charge in [-0.05, 0) is 38.5 Å². The van der Waals surface area contributed by atoms with Crippen LogP contribution in [0.3, 0.4) is 0 Å². The molecular weight excluding hydrogens is 224 g/mol. The molecule has 3 nitrogen and oxygen atoms in total. The normalized spacial score (nSPS) is 10.9. The van der Waals surface area contributed by atoms with Gasteiger partial charge in [0.1, 0.15) is 5.69 Å². The predicted octanol–water partition coefficient (Wildman–Crippen LogP) is 2.66. The first kappa shape index (κ1) is 11.6. The van der Waals surface area contributed by atoms with Crippen LogP contribution in [0.4, 0.5) is 14.5 Å². The number of hydrogen-bond acceptors (Lipinski definition) is 2. The van der Waals surface area contributed by atoms with Crippen LogP contribution in [0.15, 0.2) is 12.1 Å². The van der Waals surface area contributed by atoms with Crippen molar-refractivity contribution >= 4 is 5.69 Å². The van der Waals surface area contributed by atoms with Gasteiger partial charge in [-0.3, -0.25) is 0 Å². The first-order chi connectivity index (χ1) is 7.91. The molecule has 1 heterocycles. The first-order valence-electron chi connectivity index (χ1n) is 5.19. The van der Waals surface area contributed by atoms with E-state index in [1.165, 1.54) is 4.68 Å². The van der Waals surface area contributed by atoms with Gasteiger partial charge in [0.15, 0.2) is 11.6 Å². The standard InChI is InChI=1S/C12H13F2N3/c1-6-7(2)16-17(8(6)3)12-10(13)4-9(15)5-11(12)14/h4-5H,15H2,1-3H3. The van der Waals surface area contributed by atoms with Gasteiger partial charge in [-0.1, -0.05) is 0 Å². The Morgan fingerprint density at radius 2 is 1.65 bits per heavy atom. The van der Waals surface area contributed by atoms with Gasteiger partial charge in [0, 0.05) is 11.4 Å². The molecule has 2 N–H and O–H groups in total. The van der Waals surface area contributed by atoms with E-state index in [-0.39, 0.29) is 11.4 Å². The summed E-state index contributed by atoms with van der Waals surface area (Å²) in [6.45, 7) is 5.43. The minimum absolute atomic E-state index is 0.0574. The summed E-state index contributed by atoms with van der Waals surface area (Å²) in [7, 11) is 0. The number of halogens is 2. The Labute approximate surface area is 97.9 Å². The third-order valence-corrected chi connectivity index (χ3v) is 2.90. The molecule has 0 aliphatic carbocycles. The van der Waals surface area contributed by atoms with E-state index >= 15 is 0 Å². The fourth-order valence-corrected chi connectivity index (χ4v) is 1.73. The molecule has 5 heteroatoms. The third kappa shape index (κ3) is 1.77. The van der Waals surface area contributed by atoms with E-state index in [1.54, 1.807) is 13.8 Å². The summed E-state index contributed by atoms with van der Waals surface area (Å²) in [4.78, 5) is 0. The number of benzene rings is 1. The molecule has 0 fully saturated rings. The molecule has 1 aromatic heterocycles. The average Bonchev–Trinajstić information content (AvgIpc) is 2.45. The molecule has 1 aromatic carbocycles. The molecule has 90 valence electrons. The number of rotatable bonds is 1. The predicted molar refractivity (Wildman–Crippen MR) is 62.1 cm³/mol. The van der Waals surface area contributed by atoms with Crippen molar-refractivity contribution < 1.29 is 8.78 Å². The highest BCUT2D eigenvalue weighted by molar-refractivity contribution is 5.48. The first-order valence-corrected chi connectivity index (χ1v) is 5.19. The molecule has 17 heavy (non-hydrogen) atoms. The Balaban J connectivity index is 2.73. The van der Waals surface area contributed by atoms with Gasteiger partial charge in [0.2, 0.25) is 0 Å². The molecule has 2 rings (SSSR count). The summed E-state index contributed by atoms with van der Waals surface area (Å²) < 4.78 is 28.7. The molecule has 0 aliphatic rings. The van der Waals surface area contributed by atoms with Crippen LogP contribution in [0, 0.1) is 32.4 Å². The van der Waals surface area contributed by atoms with Crippen molar-refractivity contribution in [3.8, 4) is 5.69 Å². The lowest BCUT2D eigenvalue weighted by molar-refractivity contribution is 0.558. The number of nitrogens with two attached hydrogens (primary N) is 1. The molecule has 0 radical (unpaired) electrons. The van der Waals surface area contributed by atoms with Crippen molar-refractivity contribution in [3.63, 3.8) is 0 Å². The summed E-state index contributed by atoms with van der Waals surface area (Å²) in [6.07, 6.45) is 0. The van der Waals surface area contributed by atoms with Crippen LogP contribution >= 0.6 is 0 Å². The average molecular weight is 237 g/mol. The van der Waals surface area contributed by atoms with Crippen molar-refractivity contribution in [2.24, 2.45) is 0 Å². The molecule has 0 saturated heterocycles. The van der Waals surface area contributed by atoms with Crippen LogP contribution in [-0.2, 0) is 0 Å². The summed E-state index contributed by atoms with van der Waals surface area (Å²) in [5.41, 5.74) is 7.62. The van der Waals surface area contributed by atoms with E-state index in [4.69, 9.17) is 5.73 Å². The lowest BCUT2D eigenvalue weighted by atomic mass is 10.2. The van der Waals surface area contributed by atoms with Crippen LogP contribution < -0.4 is 5.73 Å². The molecular formula is C12H13F2N3. The molecule has 0 unspecified atom stereocenters. The van der Waals surface area contributed by atoms with Gasteiger partial charge in [-0.15, -0.1) is 0 Å². The van der Waals surface area contributed by atoms with Crippen molar-refractivity contribution in [2.45, 2.75) is 20.8 Å². The number of anilines is 1. The highest BCUT2D eigenvalue weighted by atomic mass is 19.1. The zero-order valence-corrected chi connectivity index (χ0v) is 9.88. The van der Waals surface area contributed by atoms with E-state index in [0.717, 1.165) is 23.4 Å². The van der Waals surface area contributed by atoms with Crippen molar-refractivity contribution in [1.82, 2.24) is 9.78 Å². The Bertz CT molecular complexity index is 565. The zero-order valence-electron chi connectivity index (χ0n) is 9.88. The maximum absolute atomic E-state index is 13.7. The lowest BCUT2D eigenvalue weighted by Gasteiger charge is -2.08. The van der Waals surface area contributed by atoms with Gasteiger partial charge < -0.3 is 5.73 Å². The maximum Gasteiger partial charge on any atom is 0.153 e. The number of nitrogens with zero attached hydrogens (tertiary/aromatic N) is 2. The molecule has 2 aromatic rings. The second-order valence-electron chi connectivity index (χ2n) is 4.04. The monoisotopic (exact) mass is 237 g/mol. The molecule has 0 bridgehead atoms. The van der Waals surface area contributed by atoms with E-state index in [0.29, 0.717) is 5.69 Å². The van der Waals surface area contributed by atoms with Crippen LogP contribution in [-0.4, -0.2) is 9.78 Å². The molecule has 0 aliphatic heterocycles. The van der Waals surface area contributed by atoms with Gasteiger partial charge in [-0.25, -0.2) is 13.5 Å². The minimum atomic E-state index is -0.715. The van der Waals surface area contributed by atoms with Crippen LogP contribution in [0.5, 0.6) is 0 Å². The maximum atomic E-state index is 13.7. The van der Waals surface area contributed by atoms with Gasteiger partial charge in [-0.2, -0.15) is 5.10 Å². The Hall–Kier alpha value is -1.91. The van der Waals surface area contributed by atoms with Gasteiger partial charge >= 0.3 is 0 Å². The van der Waals surface area contributed by atoms with E-state index in [1.807, 2.05) is 6.92 Å². The number of aromatic nitrogens is 2. The SMILES string of the molecule is Cc1nn(-c2c(F)cc(N)cc2F)c(C)c1C. The summed E-state index contributed by atoms with van der Waals surface area (Å²) in [5, 5.41) is 4.13. The van der Waals surface area contributed by atoms with Crippen molar-refractivity contribution in [2.75, 3.05) is 5.73 Å². The highest BCUT2D eigenvalue weighted by Gasteiger charge is 2.17. The smallest absolute Gasteiger partial charge is 0.153 e. The van der Waals surface area contributed by atoms with E-state index in [2.05, 4.69) is 5.10 Å². The Kier molecular flexibility index (Phi) is 2.61. The van der Waals surface area contributed by atoms with Crippen LogP contribution in [0.1, 0.15) is 17.0 Å². The Morgan fingerprint density at radius 3 is 2.06 bits per heavy atom. The largest absolute Gasteiger partial charge is 0.399 e. The van der Waals surface area contributed by atoms with E-state index in [9.17, 15) is 8.78 Å². The van der Waals surface area contributed by atoms with Crippen LogP contribution in [0.25, 0.3) is 5.69 Å². The lowest BCUT2D eigenvalue weighted by Crippen LogP contribution is -2.06. The van der Waals surface area contributed by atoms with Gasteiger partial charge in [0.05, 0.1) is 5.69 Å². The van der Waals surface area contributed by atoms with Gasteiger partial charge in [0.25, 0.3) is 0 Å². The van der Waals surface area contributed by atoms with Crippen molar-refractivity contribution in [1.29, 1.82) is 0 Å². The highest BCUT2D eigenvalue weighted by Crippen LogP contribution is 2.23. The number of aryl methyl sites for hydroxylation is 1. The number of nitrogen functional groups attached to an aromatic ring is 1. The van der Waals surface area contributed by atoms with Crippen LogP contribution in [0.2, 0.25) is 0 Å². The quantitative estimate of drug-likeness (QED) is 0.775. The molecule has 0 atom stereocenters. The number of hydrogen-bond donors (Lipinski definition) is 1. The fraction of sp³-hybridized carbons (Fsp3) is 0.250. The summed E-state index contributed by atoms with van der Waals surface area (Å²) in [6, 6.07) is 2.17. The topological polar surface area (TPSA) is 43.8 Å². The zero-order chi connectivity index (χ0) is 12.7. The second kappa shape index (κ2) is 3.84. The summed E-state index contributed by atoms with van der Waals surface area (Å²) in [5.74, 6) is -1.43. The summed E-state index contributed by atoms with van der Waals surface area (Å²) >= 11 is 0. The van der Waals surface area contributed by atoms with Crippen molar-refractivity contribution in [3.05, 3.63) is 40.7 Å². The second-order valence-corrected chi connectivity index (χ2v) is 4.04. The fourth-order valence-electron chi connectivity index (χ4n) is 1.73. The third-order valence-electron chi connectivity index (χ3n) is 2.90. The molecule has 0 spiro atoms. The van der Waals surface area contributed by atoms with E-state index < -0.39 is 11.6 Å². The molecule has 0 amide bonds. The Morgan fingerprint density at radius 1 is 1.12 bits per heavy atom. The minimum Gasteiger partial charge on any atom is -0.399 e.